The molecular weight excluding hydrogens is 496 g/mol. The number of aryl methyl sites for hydroxylation is 1. The van der Waals surface area contributed by atoms with Crippen molar-refractivity contribution in [3.63, 3.8) is 0 Å². The van der Waals surface area contributed by atoms with E-state index < -0.39 is 10.0 Å². The van der Waals surface area contributed by atoms with Crippen molar-refractivity contribution in [2.45, 2.75) is 11.8 Å². The number of piperazine rings is 1. The van der Waals surface area contributed by atoms with Crippen LogP contribution in [0.1, 0.15) is 15.4 Å². The molecule has 1 aliphatic heterocycles. The number of methoxy groups -OCH3 is 1. The third kappa shape index (κ3) is 4.74. The molecule has 1 amide bonds. The van der Waals surface area contributed by atoms with Gasteiger partial charge in [0.1, 0.15) is 16.2 Å². The average molecular weight is 523 g/mol. The molecular formula is C26H26N4O4S2. The zero-order chi connectivity index (χ0) is 25.3. The lowest BCUT2D eigenvalue weighted by atomic mass is 10.1. The zero-order valence-electron chi connectivity index (χ0n) is 20.0. The average Bonchev–Trinajstić information content (AvgIpc) is 3.28. The topological polar surface area (TPSA) is 91.8 Å². The van der Waals surface area contributed by atoms with Crippen LogP contribution in [-0.2, 0) is 10.0 Å². The second-order valence-corrected chi connectivity index (χ2v) is 11.4. The van der Waals surface area contributed by atoms with Crippen molar-refractivity contribution in [1.82, 2.24) is 9.88 Å². The largest absolute Gasteiger partial charge is 0.495 e. The summed E-state index contributed by atoms with van der Waals surface area (Å²) in [6, 6.07) is 19.5. The molecule has 1 fully saturated rings. The molecule has 0 atom stereocenters. The van der Waals surface area contributed by atoms with E-state index in [1.54, 1.807) is 43.5 Å². The number of carbonyl (C=O) groups excluding carboxylic acids is 1. The summed E-state index contributed by atoms with van der Waals surface area (Å²) in [6.07, 6.45) is 0. The molecule has 36 heavy (non-hydrogen) atoms. The van der Waals surface area contributed by atoms with E-state index in [1.165, 1.54) is 11.3 Å². The summed E-state index contributed by atoms with van der Waals surface area (Å²) >= 11 is 1.45. The van der Waals surface area contributed by atoms with E-state index in [1.807, 2.05) is 42.2 Å². The van der Waals surface area contributed by atoms with Crippen LogP contribution in [0.4, 0.5) is 11.4 Å². The number of hydrogen-bond acceptors (Lipinski definition) is 7. The summed E-state index contributed by atoms with van der Waals surface area (Å²) in [7, 11) is -2.18. The number of sulfonamides is 1. The van der Waals surface area contributed by atoms with Gasteiger partial charge >= 0.3 is 0 Å². The molecule has 0 saturated carbocycles. The molecule has 0 radical (unpaired) electrons. The molecule has 8 nitrogen and oxygen atoms in total. The van der Waals surface area contributed by atoms with Gasteiger partial charge in [0.25, 0.3) is 15.9 Å². The van der Waals surface area contributed by atoms with Crippen molar-refractivity contribution in [3.8, 4) is 5.75 Å². The predicted molar refractivity (Wildman–Crippen MR) is 143 cm³/mol. The predicted octanol–water partition coefficient (Wildman–Crippen LogP) is 4.38. The second-order valence-electron chi connectivity index (χ2n) is 8.47. The maximum absolute atomic E-state index is 13.1. The highest BCUT2D eigenvalue weighted by atomic mass is 32.2. The molecule has 0 bridgehead atoms. The van der Waals surface area contributed by atoms with E-state index in [9.17, 15) is 13.2 Å². The van der Waals surface area contributed by atoms with Crippen LogP contribution in [0.25, 0.3) is 10.2 Å². The smallest absolute Gasteiger partial charge is 0.264 e. The first kappa shape index (κ1) is 24.1. The Morgan fingerprint density at radius 3 is 2.42 bits per heavy atom. The lowest BCUT2D eigenvalue weighted by Gasteiger charge is -2.36. The number of nitrogens with zero attached hydrogens (tertiary/aromatic N) is 3. The minimum absolute atomic E-state index is 0.0770. The summed E-state index contributed by atoms with van der Waals surface area (Å²) in [6.45, 7) is 4.42. The molecule has 1 aliphatic rings. The van der Waals surface area contributed by atoms with Gasteiger partial charge < -0.3 is 14.5 Å². The first-order chi connectivity index (χ1) is 17.4. The number of rotatable bonds is 6. The summed E-state index contributed by atoms with van der Waals surface area (Å²) in [5.74, 6) is 0.739. The lowest BCUT2D eigenvalue weighted by Crippen LogP contribution is -2.48. The molecule has 5 rings (SSSR count). The van der Waals surface area contributed by atoms with Crippen molar-refractivity contribution < 1.29 is 17.9 Å². The van der Waals surface area contributed by atoms with Gasteiger partial charge in [0.05, 0.1) is 22.5 Å². The zero-order valence-corrected chi connectivity index (χ0v) is 21.6. The number of para-hydroxylation sites is 3. The van der Waals surface area contributed by atoms with E-state index in [-0.39, 0.29) is 10.8 Å². The van der Waals surface area contributed by atoms with Gasteiger partial charge in [-0.3, -0.25) is 9.52 Å². The monoisotopic (exact) mass is 522 g/mol. The van der Waals surface area contributed by atoms with Gasteiger partial charge in [-0.2, -0.15) is 0 Å². The minimum atomic E-state index is -3.84. The molecule has 3 aromatic carbocycles. The summed E-state index contributed by atoms with van der Waals surface area (Å²) in [5, 5.41) is 0.805. The number of fused-ring (bicyclic) bond motifs is 1. The van der Waals surface area contributed by atoms with Crippen LogP contribution in [0, 0.1) is 6.92 Å². The molecule has 186 valence electrons. The Morgan fingerprint density at radius 1 is 0.972 bits per heavy atom. The number of benzene rings is 3. The maximum Gasteiger partial charge on any atom is 0.264 e. The van der Waals surface area contributed by atoms with E-state index in [4.69, 9.17) is 4.74 Å². The van der Waals surface area contributed by atoms with Gasteiger partial charge in [0.15, 0.2) is 0 Å². The molecule has 10 heteroatoms. The number of thiazole rings is 1. The highest BCUT2D eigenvalue weighted by molar-refractivity contribution is 7.93. The lowest BCUT2D eigenvalue weighted by molar-refractivity contribution is 0.0746. The highest BCUT2D eigenvalue weighted by Crippen LogP contribution is 2.30. The fraction of sp³-hybridized carbons (Fsp3) is 0.231. The van der Waals surface area contributed by atoms with Crippen molar-refractivity contribution in [2.24, 2.45) is 0 Å². The van der Waals surface area contributed by atoms with Crippen molar-refractivity contribution in [3.05, 3.63) is 77.3 Å². The molecule has 1 saturated heterocycles. The highest BCUT2D eigenvalue weighted by Gasteiger charge is 2.24. The van der Waals surface area contributed by atoms with Crippen LogP contribution in [0.3, 0.4) is 0 Å². The summed E-state index contributed by atoms with van der Waals surface area (Å²) < 4.78 is 35.0. The van der Waals surface area contributed by atoms with E-state index >= 15 is 0 Å². The van der Waals surface area contributed by atoms with Gasteiger partial charge in [-0.1, -0.05) is 18.2 Å². The number of aromatic nitrogens is 1. The Hall–Kier alpha value is -3.63. The maximum atomic E-state index is 13.1. The van der Waals surface area contributed by atoms with Crippen LogP contribution in [-0.4, -0.2) is 57.5 Å². The number of carbonyl (C=O) groups is 1. The third-order valence-corrected chi connectivity index (χ3v) is 8.50. The Balaban J connectivity index is 1.25. The molecule has 0 spiro atoms. The summed E-state index contributed by atoms with van der Waals surface area (Å²) in [4.78, 5) is 21.6. The standard InChI is InChI=1S/C26H26N4O4S2/c1-18-27-25-23(35-18)8-5-9-24(25)36(32,33)28-20-12-10-19(11-13-20)26(31)30-16-14-29(15-17-30)21-6-3-4-7-22(21)34-2/h3-13,28H,14-17H2,1-2H3. The Labute approximate surface area is 214 Å². The first-order valence-electron chi connectivity index (χ1n) is 11.5. The summed E-state index contributed by atoms with van der Waals surface area (Å²) in [5.41, 5.74) is 2.39. The van der Waals surface area contributed by atoms with Crippen molar-refractivity contribution in [2.75, 3.05) is 42.9 Å². The minimum Gasteiger partial charge on any atom is -0.495 e. The van der Waals surface area contributed by atoms with Crippen molar-refractivity contribution >= 4 is 48.9 Å². The van der Waals surface area contributed by atoms with Gasteiger partial charge in [0.2, 0.25) is 0 Å². The first-order valence-corrected chi connectivity index (χ1v) is 13.8. The van der Waals surface area contributed by atoms with Gasteiger partial charge in [-0.05, 0) is 55.5 Å². The molecule has 2 heterocycles. The molecule has 4 aromatic rings. The fourth-order valence-electron chi connectivity index (χ4n) is 4.37. The van der Waals surface area contributed by atoms with E-state index in [2.05, 4.69) is 14.6 Å². The number of anilines is 2. The van der Waals surface area contributed by atoms with E-state index in [0.29, 0.717) is 42.9 Å². The number of hydrogen-bond donors (Lipinski definition) is 1. The number of nitrogens with one attached hydrogen (secondary N) is 1. The van der Waals surface area contributed by atoms with Crippen molar-refractivity contribution in [1.29, 1.82) is 0 Å². The SMILES string of the molecule is COc1ccccc1N1CCN(C(=O)c2ccc(NS(=O)(=O)c3cccc4sc(C)nc34)cc2)CC1. The van der Waals surface area contributed by atoms with Gasteiger partial charge in [-0.25, -0.2) is 13.4 Å². The molecule has 1 aromatic heterocycles. The molecule has 0 unspecified atom stereocenters. The van der Waals surface area contributed by atoms with Crippen LogP contribution in [0.15, 0.2) is 71.6 Å². The third-order valence-electron chi connectivity index (χ3n) is 6.16. The van der Waals surface area contributed by atoms with E-state index in [0.717, 1.165) is 21.1 Å². The molecule has 0 aliphatic carbocycles. The van der Waals surface area contributed by atoms with Crippen LogP contribution in [0.2, 0.25) is 0 Å². The Bertz CT molecular complexity index is 1510. The van der Waals surface area contributed by atoms with Crippen LogP contribution in [0.5, 0.6) is 5.75 Å². The quantitative estimate of drug-likeness (QED) is 0.404. The van der Waals surface area contributed by atoms with Gasteiger partial charge in [-0.15, -0.1) is 11.3 Å². The normalized spacial score (nSPS) is 14.2. The second kappa shape index (κ2) is 9.79. The van der Waals surface area contributed by atoms with Gasteiger partial charge in [0, 0.05) is 37.4 Å². The number of ether oxygens (including phenoxy) is 1. The Kier molecular flexibility index (Phi) is 6.55. The van der Waals surface area contributed by atoms with Crippen LogP contribution >= 0.6 is 11.3 Å². The van der Waals surface area contributed by atoms with Crippen LogP contribution < -0.4 is 14.4 Å². The molecule has 1 N–H and O–H groups in total. The fourth-order valence-corrected chi connectivity index (χ4v) is 6.51. The Morgan fingerprint density at radius 2 is 1.69 bits per heavy atom. The number of amides is 1.